The van der Waals surface area contributed by atoms with Gasteiger partial charge in [-0.15, -0.1) is 0 Å². The van der Waals surface area contributed by atoms with Crippen molar-refractivity contribution >= 4 is 11.8 Å². The number of hydrogen-bond acceptors (Lipinski definition) is 3. The van der Waals surface area contributed by atoms with Gasteiger partial charge in [0.15, 0.2) is 6.61 Å². The number of likely N-dealkylation sites (tertiary alicyclic amines) is 1. The van der Waals surface area contributed by atoms with Crippen molar-refractivity contribution in [1.82, 2.24) is 10.2 Å². The highest BCUT2D eigenvalue weighted by atomic mass is 19.4. The minimum Gasteiger partial charge on any atom is -0.484 e. The monoisotopic (exact) mass is 420 g/mol. The molecule has 1 atom stereocenters. The maximum Gasteiger partial charge on any atom is 0.422 e. The summed E-state index contributed by atoms with van der Waals surface area (Å²) in [5.41, 5.74) is 2.88. The van der Waals surface area contributed by atoms with E-state index in [0.717, 1.165) is 16.7 Å². The van der Waals surface area contributed by atoms with Crippen molar-refractivity contribution in [2.24, 2.45) is 5.92 Å². The maximum atomic E-state index is 12.4. The number of nitrogens with zero attached hydrogens (tertiary/aromatic N) is 1. The van der Waals surface area contributed by atoms with Gasteiger partial charge in [-0.3, -0.25) is 9.59 Å². The van der Waals surface area contributed by atoms with Crippen LogP contribution in [0.15, 0.2) is 48.5 Å². The van der Waals surface area contributed by atoms with Crippen LogP contribution < -0.4 is 10.1 Å². The molecule has 0 aromatic heterocycles. The second kappa shape index (κ2) is 9.19. The Bertz CT molecular complexity index is 880. The average Bonchev–Trinajstić information content (AvgIpc) is 3.07. The Hall–Kier alpha value is -3.03. The smallest absolute Gasteiger partial charge is 0.422 e. The van der Waals surface area contributed by atoms with E-state index >= 15 is 0 Å². The van der Waals surface area contributed by atoms with Crippen molar-refractivity contribution in [2.45, 2.75) is 32.6 Å². The van der Waals surface area contributed by atoms with Crippen LogP contribution in [0.25, 0.3) is 0 Å². The van der Waals surface area contributed by atoms with Gasteiger partial charge in [-0.05, 0) is 30.2 Å². The second-order valence-corrected chi connectivity index (χ2v) is 7.43. The Labute approximate surface area is 172 Å². The molecule has 1 aliphatic rings. The molecule has 2 amide bonds. The zero-order valence-corrected chi connectivity index (χ0v) is 16.5. The molecular formula is C22H23F3N2O3. The number of benzene rings is 2. The highest BCUT2D eigenvalue weighted by Crippen LogP contribution is 2.21. The van der Waals surface area contributed by atoms with Crippen LogP contribution >= 0.6 is 0 Å². The number of ether oxygens (including phenoxy) is 1. The highest BCUT2D eigenvalue weighted by molar-refractivity contribution is 5.89. The Kier molecular flexibility index (Phi) is 6.64. The SMILES string of the molecule is Cc1ccc(CN2CC(C(=O)NCc3ccc(OCC(F)(F)F)cc3)CC2=O)cc1. The van der Waals surface area contributed by atoms with Crippen LogP contribution in [0.1, 0.15) is 23.1 Å². The van der Waals surface area contributed by atoms with Gasteiger partial charge in [0.2, 0.25) is 11.8 Å². The predicted molar refractivity (Wildman–Crippen MR) is 105 cm³/mol. The highest BCUT2D eigenvalue weighted by Gasteiger charge is 2.34. The van der Waals surface area contributed by atoms with Gasteiger partial charge in [0.05, 0.1) is 5.92 Å². The molecular weight excluding hydrogens is 397 g/mol. The third kappa shape index (κ3) is 6.23. The van der Waals surface area contributed by atoms with Gasteiger partial charge in [-0.2, -0.15) is 13.2 Å². The minimum absolute atomic E-state index is 0.0538. The molecule has 0 aliphatic carbocycles. The molecule has 0 saturated carbocycles. The standard InChI is InChI=1S/C22H23F3N2O3/c1-15-2-4-17(5-3-15)12-27-13-18(10-20(27)28)21(29)26-11-16-6-8-19(9-7-16)30-14-22(23,24)25/h2-9,18H,10-14H2,1H3,(H,26,29). The number of amides is 2. The summed E-state index contributed by atoms with van der Waals surface area (Å²) in [6.45, 7) is 1.71. The summed E-state index contributed by atoms with van der Waals surface area (Å²) in [4.78, 5) is 26.4. The lowest BCUT2D eigenvalue weighted by Gasteiger charge is -2.17. The van der Waals surface area contributed by atoms with Crippen LogP contribution in [0, 0.1) is 12.8 Å². The molecule has 8 heteroatoms. The first-order valence-electron chi connectivity index (χ1n) is 9.59. The number of aryl methyl sites for hydroxylation is 1. The zero-order chi connectivity index (χ0) is 21.7. The average molecular weight is 420 g/mol. The van der Waals surface area contributed by atoms with Gasteiger partial charge in [0.25, 0.3) is 0 Å². The normalized spacial score (nSPS) is 16.6. The van der Waals surface area contributed by atoms with E-state index < -0.39 is 18.7 Å². The molecule has 5 nitrogen and oxygen atoms in total. The first kappa shape index (κ1) is 21.7. The number of carbonyl (C=O) groups is 2. The van der Waals surface area contributed by atoms with Gasteiger partial charge < -0.3 is 15.0 Å². The third-order valence-corrected chi connectivity index (χ3v) is 4.87. The van der Waals surface area contributed by atoms with Crippen molar-refractivity contribution in [3.8, 4) is 5.75 Å². The van der Waals surface area contributed by atoms with Gasteiger partial charge in [0.1, 0.15) is 5.75 Å². The van der Waals surface area contributed by atoms with Crippen LogP contribution in [0.3, 0.4) is 0 Å². The van der Waals surface area contributed by atoms with E-state index in [4.69, 9.17) is 0 Å². The molecule has 160 valence electrons. The molecule has 1 aliphatic heterocycles. The zero-order valence-electron chi connectivity index (χ0n) is 16.5. The van der Waals surface area contributed by atoms with E-state index in [2.05, 4.69) is 10.1 Å². The summed E-state index contributed by atoms with van der Waals surface area (Å²) in [6.07, 6.45) is -4.22. The lowest BCUT2D eigenvalue weighted by Crippen LogP contribution is -2.32. The van der Waals surface area contributed by atoms with Gasteiger partial charge in [-0.1, -0.05) is 42.0 Å². The fraction of sp³-hybridized carbons (Fsp3) is 0.364. The first-order chi connectivity index (χ1) is 14.2. The van der Waals surface area contributed by atoms with Gasteiger partial charge in [0, 0.05) is 26.1 Å². The molecule has 3 rings (SSSR count). The van der Waals surface area contributed by atoms with E-state index in [-0.39, 0.29) is 30.5 Å². The van der Waals surface area contributed by atoms with Gasteiger partial charge in [-0.25, -0.2) is 0 Å². The first-order valence-corrected chi connectivity index (χ1v) is 9.59. The molecule has 0 spiro atoms. The summed E-state index contributed by atoms with van der Waals surface area (Å²) < 4.78 is 41.2. The number of carbonyl (C=O) groups excluding carboxylic acids is 2. The lowest BCUT2D eigenvalue weighted by atomic mass is 10.1. The predicted octanol–water partition coefficient (Wildman–Crippen LogP) is 3.60. The Balaban J connectivity index is 1.47. The molecule has 2 aromatic rings. The lowest BCUT2D eigenvalue weighted by molar-refractivity contribution is -0.153. The molecule has 1 N–H and O–H groups in total. The van der Waals surface area contributed by atoms with Crippen LogP contribution in [-0.2, 0) is 22.7 Å². The number of rotatable bonds is 7. The summed E-state index contributed by atoms with van der Waals surface area (Å²) in [5, 5.41) is 2.79. The maximum absolute atomic E-state index is 12.4. The van der Waals surface area contributed by atoms with E-state index in [1.54, 1.807) is 17.0 Å². The summed E-state index contributed by atoms with van der Waals surface area (Å²) in [5.74, 6) is -0.582. The van der Waals surface area contributed by atoms with Crippen molar-refractivity contribution < 1.29 is 27.5 Å². The third-order valence-electron chi connectivity index (χ3n) is 4.87. The molecule has 1 saturated heterocycles. The van der Waals surface area contributed by atoms with Crippen molar-refractivity contribution in [2.75, 3.05) is 13.2 Å². The van der Waals surface area contributed by atoms with E-state index in [1.807, 2.05) is 31.2 Å². The molecule has 1 unspecified atom stereocenters. The molecule has 30 heavy (non-hydrogen) atoms. The van der Waals surface area contributed by atoms with Crippen molar-refractivity contribution in [3.63, 3.8) is 0 Å². The summed E-state index contributed by atoms with van der Waals surface area (Å²) in [7, 11) is 0. The minimum atomic E-state index is -4.39. The Morgan fingerprint density at radius 1 is 1.10 bits per heavy atom. The Morgan fingerprint density at radius 2 is 1.73 bits per heavy atom. The fourth-order valence-corrected chi connectivity index (χ4v) is 3.22. The van der Waals surface area contributed by atoms with Crippen molar-refractivity contribution in [1.29, 1.82) is 0 Å². The number of halogens is 3. The van der Waals surface area contributed by atoms with Crippen LogP contribution in [0.4, 0.5) is 13.2 Å². The van der Waals surface area contributed by atoms with E-state index in [0.29, 0.717) is 13.1 Å². The number of alkyl halides is 3. The van der Waals surface area contributed by atoms with E-state index in [9.17, 15) is 22.8 Å². The van der Waals surface area contributed by atoms with Crippen LogP contribution in [0.2, 0.25) is 0 Å². The van der Waals surface area contributed by atoms with Crippen molar-refractivity contribution in [3.05, 3.63) is 65.2 Å². The number of nitrogens with one attached hydrogen (secondary N) is 1. The Morgan fingerprint density at radius 3 is 2.37 bits per heavy atom. The van der Waals surface area contributed by atoms with Crippen LogP contribution in [-0.4, -0.2) is 36.0 Å². The fourth-order valence-electron chi connectivity index (χ4n) is 3.22. The van der Waals surface area contributed by atoms with Gasteiger partial charge >= 0.3 is 6.18 Å². The quantitative estimate of drug-likeness (QED) is 0.745. The molecule has 1 fully saturated rings. The largest absolute Gasteiger partial charge is 0.484 e. The second-order valence-electron chi connectivity index (χ2n) is 7.43. The molecule has 2 aromatic carbocycles. The molecule has 0 bridgehead atoms. The summed E-state index contributed by atoms with van der Waals surface area (Å²) >= 11 is 0. The topological polar surface area (TPSA) is 58.6 Å². The van der Waals surface area contributed by atoms with Crippen LogP contribution in [0.5, 0.6) is 5.75 Å². The number of hydrogen-bond donors (Lipinski definition) is 1. The molecule has 1 heterocycles. The van der Waals surface area contributed by atoms with E-state index in [1.165, 1.54) is 12.1 Å². The summed E-state index contributed by atoms with van der Waals surface area (Å²) in [6, 6.07) is 13.9. The molecule has 0 radical (unpaired) electrons.